The van der Waals surface area contributed by atoms with Crippen LogP contribution in [0, 0.1) is 0 Å². The van der Waals surface area contributed by atoms with E-state index in [9.17, 15) is 5.11 Å². The highest BCUT2D eigenvalue weighted by atomic mass is 35.5. The Morgan fingerprint density at radius 2 is 2.22 bits per heavy atom. The van der Waals surface area contributed by atoms with Crippen molar-refractivity contribution in [2.24, 2.45) is 7.05 Å². The maximum atomic E-state index is 9.21. The molecule has 1 aromatic carbocycles. The number of halogens is 2. The molecule has 0 radical (unpaired) electrons. The second kappa shape index (κ2) is 5.97. The Hall–Kier alpha value is -0.680. The summed E-state index contributed by atoms with van der Waals surface area (Å²) in [7, 11) is 1.86. The van der Waals surface area contributed by atoms with Crippen LogP contribution in [-0.4, -0.2) is 14.7 Å². The Bertz CT molecular complexity index is 557. The fraction of sp³-hybridized carbons (Fsp3) is 0.250. The molecule has 0 bridgehead atoms. The number of aliphatic hydroxyl groups is 1. The van der Waals surface area contributed by atoms with Gasteiger partial charge in [-0.3, -0.25) is 0 Å². The number of benzene rings is 1. The second-order valence-corrected chi connectivity index (χ2v) is 5.46. The maximum Gasteiger partial charge on any atom is 0.135 e. The van der Waals surface area contributed by atoms with Crippen LogP contribution in [-0.2, 0) is 19.5 Å². The summed E-state index contributed by atoms with van der Waals surface area (Å²) in [5, 5.41) is 10.8. The third-order valence-electron chi connectivity index (χ3n) is 2.48. The van der Waals surface area contributed by atoms with Gasteiger partial charge < -0.3 is 9.67 Å². The molecule has 0 aliphatic carbocycles. The van der Waals surface area contributed by atoms with Crippen LogP contribution in [0.3, 0.4) is 0 Å². The number of aliphatic hydroxyl groups excluding tert-OH is 1. The van der Waals surface area contributed by atoms with Crippen molar-refractivity contribution < 1.29 is 5.11 Å². The van der Waals surface area contributed by atoms with Gasteiger partial charge in [0.1, 0.15) is 17.5 Å². The van der Waals surface area contributed by atoms with Gasteiger partial charge in [-0.25, -0.2) is 4.98 Å². The first-order chi connectivity index (χ1) is 8.65. The van der Waals surface area contributed by atoms with Crippen LogP contribution in [0.4, 0.5) is 0 Å². The average molecular weight is 303 g/mol. The summed E-state index contributed by atoms with van der Waals surface area (Å²) in [6, 6.07) is 7.58. The first-order valence-electron chi connectivity index (χ1n) is 5.30. The predicted octanol–water partition coefficient (Wildman–Crippen LogP) is 3.46. The van der Waals surface area contributed by atoms with E-state index < -0.39 is 0 Å². The monoisotopic (exact) mass is 302 g/mol. The molecule has 96 valence electrons. The second-order valence-electron chi connectivity index (χ2n) is 3.69. The maximum absolute atomic E-state index is 9.21. The van der Waals surface area contributed by atoms with Crippen LogP contribution in [0.2, 0.25) is 5.02 Å². The number of nitrogens with zero attached hydrogens (tertiary/aromatic N) is 2. The molecule has 0 unspecified atom stereocenters. The molecule has 6 heteroatoms. The summed E-state index contributed by atoms with van der Waals surface area (Å²) < 4.78 is 1.85. The summed E-state index contributed by atoms with van der Waals surface area (Å²) in [6.45, 7) is -0.101. The SMILES string of the molecule is Cn1c(CO)nc(CCl)c1Sc1cccc(Cl)c1. The van der Waals surface area contributed by atoms with Gasteiger partial charge in [-0.15, -0.1) is 11.6 Å². The molecule has 1 N–H and O–H groups in total. The molecule has 0 atom stereocenters. The molecule has 1 heterocycles. The van der Waals surface area contributed by atoms with Crippen LogP contribution < -0.4 is 0 Å². The number of hydrogen-bond donors (Lipinski definition) is 1. The Morgan fingerprint density at radius 1 is 1.44 bits per heavy atom. The van der Waals surface area contributed by atoms with Crippen LogP contribution >= 0.6 is 35.0 Å². The van der Waals surface area contributed by atoms with E-state index in [1.165, 1.54) is 11.8 Å². The van der Waals surface area contributed by atoms with E-state index in [2.05, 4.69) is 4.98 Å². The van der Waals surface area contributed by atoms with E-state index in [1.54, 1.807) is 0 Å². The highest BCUT2D eigenvalue weighted by molar-refractivity contribution is 7.99. The van der Waals surface area contributed by atoms with E-state index >= 15 is 0 Å². The summed E-state index contributed by atoms with van der Waals surface area (Å²) in [4.78, 5) is 5.31. The normalized spacial score (nSPS) is 10.9. The lowest BCUT2D eigenvalue weighted by atomic mass is 10.4. The molecular weight excluding hydrogens is 291 g/mol. The average Bonchev–Trinajstić information content (AvgIpc) is 2.66. The van der Waals surface area contributed by atoms with E-state index in [0.717, 1.165) is 15.6 Å². The number of alkyl halides is 1. The van der Waals surface area contributed by atoms with Crippen molar-refractivity contribution in [1.82, 2.24) is 9.55 Å². The molecule has 18 heavy (non-hydrogen) atoms. The largest absolute Gasteiger partial charge is 0.388 e. The standard InChI is InChI=1S/C12H12Cl2N2OS/c1-16-11(7-17)15-10(6-13)12(16)18-9-4-2-3-8(14)5-9/h2-5,17H,6-7H2,1H3. The summed E-state index contributed by atoms with van der Waals surface area (Å²) in [5.41, 5.74) is 0.771. The van der Waals surface area contributed by atoms with Crippen LogP contribution in [0.25, 0.3) is 0 Å². The Balaban J connectivity index is 2.36. The molecule has 0 amide bonds. The minimum atomic E-state index is -0.101. The molecule has 0 saturated carbocycles. The zero-order chi connectivity index (χ0) is 13.1. The molecule has 0 spiro atoms. The van der Waals surface area contributed by atoms with Crippen LogP contribution in [0.5, 0.6) is 0 Å². The fourth-order valence-corrected chi connectivity index (χ4v) is 3.14. The third-order valence-corrected chi connectivity index (χ3v) is 4.16. The van der Waals surface area contributed by atoms with Gasteiger partial charge >= 0.3 is 0 Å². The van der Waals surface area contributed by atoms with Gasteiger partial charge in [-0.05, 0) is 18.2 Å². The van der Waals surface area contributed by atoms with E-state index in [1.807, 2.05) is 35.9 Å². The van der Waals surface area contributed by atoms with Crippen molar-refractivity contribution >= 4 is 35.0 Å². The molecule has 3 nitrogen and oxygen atoms in total. The van der Waals surface area contributed by atoms with Gasteiger partial charge in [0.15, 0.2) is 0 Å². The molecule has 0 aliphatic heterocycles. The Kier molecular flexibility index (Phi) is 4.56. The van der Waals surface area contributed by atoms with Gasteiger partial charge in [-0.1, -0.05) is 29.4 Å². The zero-order valence-electron chi connectivity index (χ0n) is 9.73. The van der Waals surface area contributed by atoms with E-state index in [0.29, 0.717) is 16.7 Å². The molecule has 0 fully saturated rings. The van der Waals surface area contributed by atoms with Crippen molar-refractivity contribution in [2.75, 3.05) is 0 Å². The van der Waals surface area contributed by atoms with Gasteiger partial charge in [0.05, 0.1) is 11.6 Å². The Labute approximate surface area is 120 Å². The van der Waals surface area contributed by atoms with E-state index in [-0.39, 0.29) is 6.61 Å². The van der Waals surface area contributed by atoms with Crippen molar-refractivity contribution in [1.29, 1.82) is 0 Å². The molecule has 0 saturated heterocycles. The van der Waals surface area contributed by atoms with E-state index in [4.69, 9.17) is 23.2 Å². The van der Waals surface area contributed by atoms with Crippen molar-refractivity contribution in [3.63, 3.8) is 0 Å². The lowest BCUT2D eigenvalue weighted by Gasteiger charge is -2.06. The molecule has 0 aliphatic rings. The topological polar surface area (TPSA) is 38.0 Å². The van der Waals surface area contributed by atoms with Gasteiger partial charge in [0.2, 0.25) is 0 Å². The first kappa shape index (κ1) is 13.7. The molecular formula is C12H12Cl2N2OS. The number of aromatic nitrogens is 2. The lowest BCUT2D eigenvalue weighted by Crippen LogP contribution is -1.98. The molecule has 1 aromatic heterocycles. The van der Waals surface area contributed by atoms with Gasteiger partial charge in [0, 0.05) is 17.0 Å². The predicted molar refractivity (Wildman–Crippen MR) is 74.3 cm³/mol. The lowest BCUT2D eigenvalue weighted by molar-refractivity contribution is 0.266. The van der Waals surface area contributed by atoms with Crippen LogP contribution in [0.1, 0.15) is 11.5 Å². The molecule has 2 aromatic rings. The number of imidazole rings is 1. The van der Waals surface area contributed by atoms with Gasteiger partial charge in [-0.2, -0.15) is 0 Å². The molecule has 2 rings (SSSR count). The third kappa shape index (κ3) is 2.83. The smallest absolute Gasteiger partial charge is 0.135 e. The Morgan fingerprint density at radius 3 is 2.83 bits per heavy atom. The van der Waals surface area contributed by atoms with Crippen molar-refractivity contribution in [3.05, 3.63) is 40.8 Å². The number of rotatable bonds is 4. The van der Waals surface area contributed by atoms with Gasteiger partial charge in [0.25, 0.3) is 0 Å². The number of hydrogen-bond acceptors (Lipinski definition) is 3. The zero-order valence-corrected chi connectivity index (χ0v) is 12.1. The first-order valence-corrected chi connectivity index (χ1v) is 7.03. The van der Waals surface area contributed by atoms with Crippen molar-refractivity contribution in [3.8, 4) is 0 Å². The summed E-state index contributed by atoms with van der Waals surface area (Å²) >= 11 is 13.4. The minimum Gasteiger partial charge on any atom is -0.388 e. The highest BCUT2D eigenvalue weighted by Crippen LogP contribution is 2.32. The highest BCUT2D eigenvalue weighted by Gasteiger charge is 2.14. The van der Waals surface area contributed by atoms with Crippen molar-refractivity contribution in [2.45, 2.75) is 22.4 Å². The quantitative estimate of drug-likeness (QED) is 0.879. The fourth-order valence-electron chi connectivity index (χ4n) is 1.59. The minimum absolute atomic E-state index is 0.101. The summed E-state index contributed by atoms with van der Waals surface area (Å²) in [6.07, 6.45) is 0. The summed E-state index contributed by atoms with van der Waals surface area (Å²) in [5.74, 6) is 0.923. The van der Waals surface area contributed by atoms with Crippen LogP contribution in [0.15, 0.2) is 34.2 Å².